The normalized spacial score (nSPS) is 18.4. The summed E-state index contributed by atoms with van der Waals surface area (Å²) in [7, 11) is 0. The van der Waals surface area contributed by atoms with E-state index in [9.17, 15) is 9.90 Å². The second-order valence-electron chi connectivity index (χ2n) is 6.10. The summed E-state index contributed by atoms with van der Waals surface area (Å²) in [6, 6.07) is 9.93. The predicted octanol–water partition coefficient (Wildman–Crippen LogP) is 2.49. The second kappa shape index (κ2) is 8.30. The molecule has 1 aliphatic rings. The van der Waals surface area contributed by atoms with Crippen molar-refractivity contribution in [1.29, 1.82) is 0 Å². The summed E-state index contributed by atoms with van der Waals surface area (Å²) < 4.78 is 0. The van der Waals surface area contributed by atoms with Crippen LogP contribution in [-0.4, -0.2) is 41.1 Å². The van der Waals surface area contributed by atoms with E-state index in [4.69, 9.17) is 0 Å². The first-order valence-electron chi connectivity index (χ1n) is 8.43. The minimum Gasteiger partial charge on any atom is -0.393 e. The van der Waals surface area contributed by atoms with Crippen molar-refractivity contribution >= 4 is 5.91 Å². The molecular formula is C18H28N2O2. The van der Waals surface area contributed by atoms with Crippen LogP contribution < -0.4 is 5.32 Å². The summed E-state index contributed by atoms with van der Waals surface area (Å²) in [5.74, 6) is 0.0799. The zero-order chi connectivity index (χ0) is 15.9. The van der Waals surface area contributed by atoms with E-state index >= 15 is 0 Å². The van der Waals surface area contributed by atoms with Crippen molar-refractivity contribution in [3.05, 3.63) is 35.9 Å². The standard InChI is InChI=1S/C18H28N2O2/c1-3-15(4-2)19-18(22)17(14-8-6-5-7-9-14)20-12-10-16(21)11-13-20/h5-9,15-17,21H,3-4,10-13H2,1-2H3,(H,19,22). The van der Waals surface area contributed by atoms with Crippen LogP contribution in [0.15, 0.2) is 30.3 Å². The average Bonchev–Trinajstić information content (AvgIpc) is 2.55. The van der Waals surface area contributed by atoms with Gasteiger partial charge in [0, 0.05) is 19.1 Å². The summed E-state index contributed by atoms with van der Waals surface area (Å²) >= 11 is 0. The van der Waals surface area contributed by atoms with Crippen molar-refractivity contribution in [2.75, 3.05) is 13.1 Å². The Morgan fingerprint density at radius 1 is 1.23 bits per heavy atom. The van der Waals surface area contributed by atoms with Gasteiger partial charge in [-0.15, -0.1) is 0 Å². The Balaban J connectivity index is 2.16. The van der Waals surface area contributed by atoms with Gasteiger partial charge in [-0.05, 0) is 31.2 Å². The fraction of sp³-hybridized carbons (Fsp3) is 0.611. The second-order valence-corrected chi connectivity index (χ2v) is 6.10. The lowest BCUT2D eigenvalue weighted by atomic mass is 9.99. The molecule has 1 fully saturated rings. The maximum Gasteiger partial charge on any atom is 0.242 e. The monoisotopic (exact) mass is 304 g/mol. The van der Waals surface area contributed by atoms with Crippen LogP contribution in [0.25, 0.3) is 0 Å². The highest BCUT2D eigenvalue weighted by molar-refractivity contribution is 5.83. The molecule has 0 aliphatic carbocycles. The Kier molecular flexibility index (Phi) is 6.40. The van der Waals surface area contributed by atoms with E-state index < -0.39 is 0 Å². The van der Waals surface area contributed by atoms with Gasteiger partial charge in [0.25, 0.3) is 0 Å². The predicted molar refractivity (Wildman–Crippen MR) is 88.5 cm³/mol. The molecule has 1 saturated heterocycles. The average molecular weight is 304 g/mol. The third-order valence-corrected chi connectivity index (χ3v) is 4.56. The molecular weight excluding hydrogens is 276 g/mol. The van der Waals surface area contributed by atoms with E-state index in [1.54, 1.807) is 0 Å². The molecule has 1 unspecified atom stereocenters. The maximum atomic E-state index is 12.8. The third-order valence-electron chi connectivity index (χ3n) is 4.56. The van der Waals surface area contributed by atoms with Gasteiger partial charge in [0.05, 0.1) is 6.10 Å². The Hall–Kier alpha value is -1.39. The van der Waals surface area contributed by atoms with Crippen LogP contribution >= 0.6 is 0 Å². The molecule has 4 heteroatoms. The first-order chi connectivity index (χ1) is 10.7. The highest BCUT2D eigenvalue weighted by Gasteiger charge is 2.31. The molecule has 2 rings (SSSR count). The Bertz CT molecular complexity index is 451. The Morgan fingerprint density at radius 3 is 2.36 bits per heavy atom. The van der Waals surface area contributed by atoms with Crippen molar-refractivity contribution in [1.82, 2.24) is 10.2 Å². The lowest BCUT2D eigenvalue weighted by Gasteiger charge is -2.36. The van der Waals surface area contributed by atoms with Crippen molar-refractivity contribution < 1.29 is 9.90 Å². The molecule has 1 atom stereocenters. The van der Waals surface area contributed by atoms with E-state index in [0.717, 1.165) is 44.3 Å². The molecule has 122 valence electrons. The number of carbonyl (C=O) groups excluding carboxylic acids is 1. The highest BCUT2D eigenvalue weighted by atomic mass is 16.3. The molecule has 0 spiro atoms. The maximum absolute atomic E-state index is 12.8. The molecule has 0 saturated carbocycles. The van der Waals surface area contributed by atoms with Crippen LogP contribution in [0.4, 0.5) is 0 Å². The van der Waals surface area contributed by atoms with Crippen molar-refractivity contribution in [3.63, 3.8) is 0 Å². The summed E-state index contributed by atoms with van der Waals surface area (Å²) in [6.07, 6.45) is 3.14. The van der Waals surface area contributed by atoms with Gasteiger partial charge in [-0.2, -0.15) is 0 Å². The zero-order valence-electron chi connectivity index (χ0n) is 13.7. The van der Waals surface area contributed by atoms with E-state index in [2.05, 4.69) is 24.1 Å². The number of nitrogens with zero attached hydrogens (tertiary/aromatic N) is 1. The van der Waals surface area contributed by atoms with Crippen LogP contribution in [-0.2, 0) is 4.79 Å². The number of amides is 1. The molecule has 1 heterocycles. The van der Waals surface area contributed by atoms with E-state index in [1.807, 2.05) is 30.3 Å². The van der Waals surface area contributed by atoms with Crippen LogP contribution in [0.1, 0.15) is 51.1 Å². The van der Waals surface area contributed by atoms with E-state index in [1.165, 1.54) is 0 Å². The van der Waals surface area contributed by atoms with Gasteiger partial charge in [0.15, 0.2) is 0 Å². The Morgan fingerprint density at radius 2 is 1.82 bits per heavy atom. The molecule has 4 nitrogen and oxygen atoms in total. The van der Waals surface area contributed by atoms with Crippen LogP contribution in [0, 0.1) is 0 Å². The number of carbonyl (C=O) groups is 1. The van der Waals surface area contributed by atoms with Crippen LogP contribution in [0.5, 0.6) is 0 Å². The number of aliphatic hydroxyl groups is 1. The number of hydrogen-bond donors (Lipinski definition) is 2. The third kappa shape index (κ3) is 4.31. The molecule has 1 aromatic carbocycles. The minimum atomic E-state index is -0.255. The van der Waals surface area contributed by atoms with E-state index in [-0.39, 0.29) is 24.1 Å². The zero-order valence-corrected chi connectivity index (χ0v) is 13.7. The summed E-state index contributed by atoms with van der Waals surface area (Å²) in [6.45, 7) is 5.72. The molecule has 2 N–H and O–H groups in total. The molecule has 0 aromatic heterocycles. The quantitative estimate of drug-likeness (QED) is 0.849. The van der Waals surface area contributed by atoms with Gasteiger partial charge in [-0.3, -0.25) is 9.69 Å². The summed E-state index contributed by atoms with van der Waals surface area (Å²) in [5, 5.41) is 12.9. The number of aliphatic hydroxyl groups excluding tert-OH is 1. The fourth-order valence-electron chi connectivity index (χ4n) is 3.08. The van der Waals surface area contributed by atoms with Gasteiger partial charge in [0.2, 0.25) is 5.91 Å². The van der Waals surface area contributed by atoms with Gasteiger partial charge in [0.1, 0.15) is 6.04 Å². The molecule has 0 bridgehead atoms. The minimum absolute atomic E-state index is 0.0799. The SMILES string of the molecule is CCC(CC)NC(=O)C(c1ccccc1)N1CCC(O)CC1. The number of benzene rings is 1. The fourth-order valence-corrected chi connectivity index (χ4v) is 3.08. The highest BCUT2D eigenvalue weighted by Crippen LogP contribution is 2.25. The Labute approximate surface area is 133 Å². The lowest BCUT2D eigenvalue weighted by Crippen LogP contribution is -2.47. The van der Waals surface area contributed by atoms with Crippen LogP contribution in [0.2, 0.25) is 0 Å². The number of nitrogens with one attached hydrogen (secondary N) is 1. The first-order valence-corrected chi connectivity index (χ1v) is 8.43. The number of rotatable bonds is 6. The van der Waals surface area contributed by atoms with Crippen molar-refractivity contribution in [3.8, 4) is 0 Å². The number of piperidine rings is 1. The topological polar surface area (TPSA) is 52.6 Å². The summed E-state index contributed by atoms with van der Waals surface area (Å²) in [5.41, 5.74) is 1.03. The smallest absolute Gasteiger partial charge is 0.242 e. The van der Waals surface area contributed by atoms with Crippen molar-refractivity contribution in [2.24, 2.45) is 0 Å². The van der Waals surface area contributed by atoms with Gasteiger partial charge in [-0.1, -0.05) is 44.2 Å². The molecule has 22 heavy (non-hydrogen) atoms. The molecule has 0 radical (unpaired) electrons. The van der Waals surface area contributed by atoms with Gasteiger partial charge >= 0.3 is 0 Å². The first kappa shape index (κ1) is 17.0. The summed E-state index contributed by atoms with van der Waals surface area (Å²) in [4.78, 5) is 15.0. The molecule has 1 aromatic rings. The van der Waals surface area contributed by atoms with E-state index in [0.29, 0.717) is 0 Å². The molecule has 1 aliphatic heterocycles. The van der Waals surface area contributed by atoms with Crippen LogP contribution in [0.3, 0.4) is 0 Å². The molecule has 1 amide bonds. The van der Waals surface area contributed by atoms with Gasteiger partial charge in [-0.25, -0.2) is 0 Å². The lowest BCUT2D eigenvalue weighted by molar-refractivity contribution is -0.128. The van der Waals surface area contributed by atoms with Gasteiger partial charge < -0.3 is 10.4 Å². The van der Waals surface area contributed by atoms with Crippen molar-refractivity contribution in [2.45, 2.75) is 57.7 Å². The number of hydrogen-bond acceptors (Lipinski definition) is 3. The largest absolute Gasteiger partial charge is 0.393 e. The number of likely N-dealkylation sites (tertiary alicyclic amines) is 1.